The molecule has 2 atom stereocenters. The van der Waals surface area contributed by atoms with E-state index in [9.17, 15) is 18.4 Å². The molecule has 214 valence electrons. The number of halogens is 2. The Labute approximate surface area is 225 Å². The second kappa shape index (κ2) is 22.3. The van der Waals surface area contributed by atoms with Gasteiger partial charge < -0.3 is 10.6 Å². The molecule has 0 radical (unpaired) electrons. The third-order valence-corrected chi connectivity index (χ3v) is 7.12. The Morgan fingerprint density at radius 3 is 1.19 bits per heavy atom. The molecular formula is C31H54F2N2O2. The third kappa shape index (κ3) is 18.2. The molecule has 0 bridgehead atoms. The fourth-order valence-electron chi connectivity index (χ4n) is 4.54. The molecule has 0 aromatic carbocycles. The van der Waals surface area contributed by atoms with Gasteiger partial charge in [-0.15, -0.1) is 0 Å². The number of allylic oxidation sites excluding steroid dienone is 2. The van der Waals surface area contributed by atoms with Gasteiger partial charge in [-0.1, -0.05) is 117 Å². The van der Waals surface area contributed by atoms with Gasteiger partial charge in [0.15, 0.2) is 11.7 Å². The first-order valence-electron chi connectivity index (χ1n) is 15.3. The van der Waals surface area contributed by atoms with Crippen LogP contribution in [0, 0.1) is 0 Å². The number of hydrogen-bond acceptors (Lipinski definition) is 2. The number of carbonyl (C=O) groups excluding carboxylic acids is 2. The molecular weight excluding hydrogens is 470 g/mol. The van der Waals surface area contributed by atoms with Gasteiger partial charge in [0.25, 0.3) is 11.8 Å². The topological polar surface area (TPSA) is 58.2 Å². The van der Waals surface area contributed by atoms with Gasteiger partial charge in [0.1, 0.15) is 0 Å². The molecule has 37 heavy (non-hydrogen) atoms. The van der Waals surface area contributed by atoms with Crippen molar-refractivity contribution in [2.75, 3.05) is 0 Å². The Morgan fingerprint density at radius 2 is 0.865 bits per heavy atom. The monoisotopic (exact) mass is 524 g/mol. The van der Waals surface area contributed by atoms with Crippen molar-refractivity contribution < 1.29 is 18.4 Å². The van der Waals surface area contributed by atoms with Crippen LogP contribution in [0.1, 0.15) is 149 Å². The lowest BCUT2D eigenvalue weighted by atomic mass is 10.1. The minimum atomic E-state index is -0.774. The van der Waals surface area contributed by atoms with E-state index in [0.717, 1.165) is 38.5 Å². The number of carbonyl (C=O) groups is 2. The molecule has 0 spiro atoms. The minimum Gasteiger partial charge on any atom is -0.345 e. The van der Waals surface area contributed by atoms with Crippen molar-refractivity contribution in [3.8, 4) is 0 Å². The maximum atomic E-state index is 14.1. The van der Waals surface area contributed by atoms with Gasteiger partial charge in [-0.05, 0) is 44.3 Å². The Bertz CT molecular complexity index is 622. The van der Waals surface area contributed by atoms with E-state index in [0.29, 0.717) is 19.3 Å². The molecule has 1 saturated carbocycles. The van der Waals surface area contributed by atoms with Crippen LogP contribution in [0.2, 0.25) is 0 Å². The predicted octanol–water partition coefficient (Wildman–Crippen LogP) is 8.91. The first kappa shape index (κ1) is 33.3. The van der Waals surface area contributed by atoms with E-state index in [4.69, 9.17) is 0 Å². The van der Waals surface area contributed by atoms with Crippen LogP contribution in [0.4, 0.5) is 8.78 Å². The average Bonchev–Trinajstić information content (AvgIpc) is 3.62. The largest absolute Gasteiger partial charge is 0.345 e. The maximum Gasteiger partial charge on any atom is 0.279 e. The van der Waals surface area contributed by atoms with E-state index in [1.54, 1.807) is 0 Å². The van der Waals surface area contributed by atoms with E-state index in [1.807, 2.05) is 0 Å². The first-order valence-corrected chi connectivity index (χ1v) is 15.3. The molecule has 0 saturated heterocycles. The van der Waals surface area contributed by atoms with Crippen molar-refractivity contribution in [1.82, 2.24) is 10.6 Å². The van der Waals surface area contributed by atoms with Crippen LogP contribution in [0.25, 0.3) is 0 Å². The van der Waals surface area contributed by atoms with Gasteiger partial charge in [-0.3, -0.25) is 9.59 Å². The molecule has 6 heteroatoms. The number of unbranched alkanes of at least 4 members (excludes halogenated alkanes) is 18. The van der Waals surface area contributed by atoms with Gasteiger partial charge in [0.2, 0.25) is 0 Å². The van der Waals surface area contributed by atoms with Crippen LogP contribution in [-0.4, -0.2) is 23.9 Å². The number of rotatable bonds is 24. The Morgan fingerprint density at radius 1 is 0.568 bits per heavy atom. The van der Waals surface area contributed by atoms with Gasteiger partial charge in [0, 0.05) is 0 Å². The normalized spacial score (nSPS) is 17.6. The van der Waals surface area contributed by atoms with Crippen molar-refractivity contribution in [2.24, 2.45) is 0 Å². The van der Waals surface area contributed by atoms with Crippen molar-refractivity contribution in [2.45, 2.75) is 161 Å². The van der Waals surface area contributed by atoms with Crippen LogP contribution in [0.3, 0.4) is 0 Å². The van der Waals surface area contributed by atoms with E-state index in [2.05, 4.69) is 24.5 Å². The molecule has 0 unspecified atom stereocenters. The highest BCUT2D eigenvalue weighted by atomic mass is 19.1. The van der Waals surface area contributed by atoms with Crippen molar-refractivity contribution >= 4 is 11.8 Å². The second-order valence-electron chi connectivity index (χ2n) is 10.7. The lowest BCUT2D eigenvalue weighted by molar-refractivity contribution is -0.120. The summed E-state index contributed by atoms with van der Waals surface area (Å²) < 4.78 is 28.1. The van der Waals surface area contributed by atoms with Crippen LogP contribution >= 0.6 is 0 Å². The quantitative estimate of drug-likeness (QED) is 0.0978. The van der Waals surface area contributed by atoms with Crippen molar-refractivity contribution in [1.29, 1.82) is 0 Å². The molecule has 2 amide bonds. The molecule has 1 fully saturated rings. The molecule has 1 rings (SSSR count). The Kier molecular flexibility index (Phi) is 20.1. The minimum absolute atomic E-state index is 0.339. The summed E-state index contributed by atoms with van der Waals surface area (Å²) in [4.78, 5) is 24.0. The zero-order chi connectivity index (χ0) is 27.1. The summed E-state index contributed by atoms with van der Waals surface area (Å²) in [5, 5.41) is 5.16. The van der Waals surface area contributed by atoms with Crippen LogP contribution in [0.15, 0.2) is 23.8 Å². The van der Waals surface area contributed by atoms with Crippen LogP contribution in [0.5, 0.6) is 0 Å². The van der Waals surface area contributed by atoms with Crippen LogP contribution < -0.4 is 10.6 Å². The summed E-state index contributed by atoms with van der Waals surface area (Å²) in [7, 11) is 0. The number of nitrogens with one attached hydrogen (secondary N) is 2. The van der Waals surface area contributed by atoms with E-state index in [1.165, 1.54) is 89.2 Å². The summed E-state index contributed by atoms with van der Waals surface area (Å²) >= 11 is 0. The maximum absolute atomic E-state index is 14.1. The van der Waals surface area contributed by atoms with E-state index in [-0.39, 0.29) is 12.1 Å². The standard InChI is InChI=1S/C31H54F2N2O2/c1-3-5-7-9-11-13-15-17-19-21-23-26(32)30(36)34-28-25-29(28)35-31(37)27(33)24-22-20-18-16-14-12-10-8-6-4-2/h23-24,28-29H,3-22,25H2,1-2H3,(H,34,36)(H,35,37)/b26-23+,27-24+/t28-,29+. The predicted molar refractivity (Wildman–Crippen MR) is 151 cm³/mol. The Balaban J connectivity index is 2.07. The highest BCUT2D eigenvalue weighted by molar-refractivity contribution is 5.93. The van der Waals surface area contributed by atoms with Crippen molar-refractivity contribution in [3.05, 3.63) is 23.8 Å². The van der Waals surface area contributed by atoms with E-state index < -0.39 is 23.5 Å². The molecule has 1 aliphatic rings. The lowest BCUT2D eigenvalue weighted by Gasteiger charge is -2.05. The average molecular weight is 525 g/mol. The second-order valence-corrected chi connectivity index (χ2v) is 10.7. The molecule has 0 aromatic heterocycles. The van der Waals surface area contributed by atoms with Gasteiger partial charge >= 0.3 is 0 Å². The van der Waals surface area contributed by atoms with E-state index >= 15 is 0 Å². The highest BCUT2D eigenvalue weighted by Crippen LogP contribution is 2.23. The molecule has 0 aromatic rings. The summed E-state index contributed by atoms with van der Waals surface area (Å²) in [6.07, 6.45) is 25.8. The molecule has 1 aliphatic carbocycles. The first-order chi connectivity index (χ1) is 18.0. The fourth-order valence-corrected chi connectivity index (χ4v) is 4.54. The molecule has 0 heterocycles. The van der Waals surface area contributed by atoms with Gasteiger partial charge in [0.05, 0.1) is 12.1 Å². The van der Waals surface area contributed by atoms with Crippen molar-refractivity contribution in [3.63, 3.8) is 0 Å². The Hall–Kier alpha value is -1.72. The fraction of sp³-hybridized carbons (Fsp3) is 0.806. The molecule has 2 N–H and O–H groups in total. The zero-order valence-corrected chi connectivity index (χ0v) is 23.7. The number of hydrogen-bond donors (Lipinski definition) is 2. The molecule has 0 aliphatic heterocycles. The summed E-state index contributed by atoms with van der Waals surface area (Å²) in [5.41, 5.74) is 0. The third-order valence-electron chi connectivity index (χ3n) is 7.12. The summed E-state index contributed by atoms with van der Waals surface area (Å²) in [5.74, 6) is -3.05. The van der Waals surface area contributed by atoms with Gasteiger partial charge in [-0.2, -0.15) is 0 Å². The van der Waals surface area contributed by atoms with Crippen LogP contribution in [-0.2, 0) is 9.59 Å². The zero-order valence-electron chi connectivity index (χ0n) is 23.7. The summed E-state index contributed by atoms with van der Waals surface area (Å²) in [6.45, 7) is 4.43. The van der Waals surface area contributed by atoms with Gasteiger partial charge in [-0.25, -0.2) is 8.78 Å². The highest BCUT2D eigenvalue weighted by Gasteiger charge is 2.40. The molecule has 4 nitrogen and oxygen atoms in total. The smallest absolute Gasteiger partial charge is 0.279 e. The lowest BCUT2D eigenvalue weighted by Crippen LogP contribution is -2.35. The SMILES string of the molecule is CCCCCCCCCCC/C=C(/F)C(=O)N[C@H]1C[C@H]1NC(=O)/C(F)=C\CCCCCCCCCCC. The summed E-state index contributed by atoms with van der Waals surface area (Å²) in [6, 6.07) is -0.679. The number of amides is 2.